The summed E-state index contributed by atoms with van der Waals surface area (Å²) in [7, 11) is 0. The van der Waals surface area contributed by atoms with Gasteiger partial charge in [0.25, 0.3) is 0 Å². The van der Waals surface area contributed by atoms with Crippen LogP contribution in [-0.2, 0) is 17.7 Å². The zero-order valence-corrected chi connectivity index (χ0v) is 9.17. The minimum absolute atomic E-state index is 0.0637. The highest BCUT2D eigenvalue weighted by Crippen LogP contribution is 2.40. The van der Waals surface area contributed by atoms with Gasteiger partial charge in [-0.2, -0.15) is 26.3 Å². The van der Waals surface area contributed by atoms with Crippen molar-refractivity contribution >= 4 is 15.9 Å². The van der Waals surface area contributed by atoms with Gasteiger partial charge in [0.1, 0.15) is 0 Å². The van der Waals surface area contributed by atoms with E-state index in [-0.39, 0.29) is 10.9 Å². The van der Waals surface area contributed by atoms with Crippen molar-refractivity contribution in [1.29, 1.82) is 0 Å². The molecule has 0 heterocycles. The van der Waals surface area contributed by atoms with Gasteiger partial charge >= 0.3 is 12.4 Å². The summed E-state index contributed by atoms with van der Waals surface area (Å²) in [4.78, 5) is 0. The Kier molecular flexibility index (Phi) is 3.56. The summed E-state index contributed by atoms with van der Waals surface area (Å²) in [5.74, 6) is 0. The molecule has 1 aromatic carbocycles. The van der Waals surface area contributed by atoms with Crippen LogP contribution in [0.15, 0.2) is 18.2 Å². The molecule has 1 aromatic rings. The van der Waals surface area contributed by atoms with E-state index >= 15 is 0 Å². The first-order valence-corrected chi connectivity index (χ1v) is 5.11. The number of hydrogen-bond donors (Lipinski definition) is 0. The maximum Gasteiger partial charge on any atom is 0.417 e. The summed E-state index contributed by atoms with van der Waals surface area (Å²) in [6.45, 7) is 0. The molecule has 0 aliphatic heterocycles. The lowest BCUT2D eigenvalue weighted by Crippen LogP contribution is -2.16. The average Bonchev–Trinajstić information content (AvgIpc) is 2.14. The van der Waals surface area contributed by atoms with Crippen LogP contribution in [0.25, 0.3) is 0 Å². The number of alkyl halides is 7. The SMILES string of the molecule is FC(F)(F)c1ccc(CBr)cc1C(F)(F)F. The highest BCUT2D eigenvalue weighted by molar-refractivity contribution is 9.08. The molecule has 1 rings (SSSR count). The first-order chi connectivity index (χ1) is 7.16. The van der Waals surface area contributed by atoms with E-state index in [1.165, 1.54) is 0 Å². The molecule has 0 amide bonds. The molecule has 0 radical (unpaired) electrons. The number of halogens is 7. The zero-order chi connectivity index (χ0) is 12.6. The van der Waals surface area contributed by atoms with Crippen molar-refractivity contribution in [2.75, 3.05) is 0 Å². The predicted octanol–water partition coefficient (Wildman–Crippen LogP) is 4.62. The third kappa shape index (κ3) is 2.90. The minimum Gasteiger partial charge on any atom is -0.166 e. The number of rotatable bonds is 1. The van der Waals surface area contributed by atoms with Crippen LogP contribution in [0.3, 0.4) is 0 Å². The quantitative estimate of drug-likeness (QED) is 0.524. The Bertz CT molecular complexity index is 379. The second-order valence-corrected chi connectivity index (χ2v) is 3.57. The van der Waals surface area contributed by atoms with E-state index in [9.17, 15) is 26.3 Å². The van der Waals surface area contributed by atoms with Crippen LogP contribution < -0.4 is 0 Å². The molecule has 0 saturated heterocycles. The van der Waals surface area contributed by atoms with Crippen molar-refractivity contribution in [3.63, 3.8) is 0 Å². The Balaban J connectivity index is 3.40. The molecular weight excluding hydrogens is 302 g/mol. The fourth-order valence-corrected chi connectivity index (χ4v) is 1.51. The lowest BCUT2D eigenvalue weighted by molar-refractivity contribution is -0.162. The van der Waals surface area contributed by atoms with Crippen LogP contribution in [0.1, 0.15) is 16.7 Å². The van der Waals surface area contributed by atoms with E-state index in [2.05, 4.69) is 15.9 Å². The van der Waals surface area contributed by atoms with Gasteiger partial charge in [-0.25, -0.2) is 0 Å². The van der Waals surface area contributed by atoms with Gasteiger partial charge in [-0.15, -0.1) is 0 Å². The molecule has 0 nitrogen and oxygen atoms in total. The maximum atomic E-state index is 12.4. The first-order valence-electron chi connectivity index (χ1n) is 3.99. The fraction of sp³-hybridized carbons (Fsp3) is 0.333. The lowest BCUT2D eigenvalue weighted by Gasteiger charge is -2.16. The molecule has 0 fully saturated rings. The van der Waals surface area contributed by atoms with Gasteiger partial charge in [0.2, 0.25) is 0 Å². The average molecular weight is 307 g/mol. The number of benzene rings is 1. The van der Waals surface area contributed by atoms with Gasteiger partial charge in [-0.3, -0.25) is 0 Å². The summed E-state index contributed by atoms with van der Waals surface area (Å²) >= 11 is 2.88. The van der Waals surface area contributed by atoms with Crippen LogP contribution in [0.4, 0.5) is 26.3 Å². The molecular formula is C9H5BrF6. The highest BCUT2D eigenvalue weighted by atomic mass is 79.9. The van der Waals surface area contributed by atoms with E-state index < -0.39 is 23.5 Å². The first kappa shape index (κ1) is 13.3. The van der Waals surface area contributed by atoms with Crippen molar-refractivity contribution in [2.45, 2.75) is 17.7 Å². The van der Waals surface area contributed by atoms with Crippen molar-refractivity contribution in [2.24, 2.45) is 0 Å². The van der Waals surface area contributed by atoms with Crippen molar-refractivity contribution in [3.8, 4) is 0 Å². The molecule has 0 saturated carbocycles. The standard InChI is InChI=1S/C9H5BrF6/c10-4-5-1-2-6(8(11,12)13)7(3-5)9(14,15)16/h1-3H,4H2. The van der Waals surface area contributed by atoms with Gasteiger partial charge in [-0.05, 0) is 17.7 Å². The van der Waals surface area contributed by atoms with Crippen LogP contribution in [0.5, 0.6) is 0 Å². The van der Waals surface area contributed by atoms with Gasteiger partial charge in [0, 0.05) is 5.33 Å². The topological polar surface area (TPSA) is 0 Å². The monoisotopic (exact) mass is 306 g/mol. The highest BCUT2D eigenvalue weighted by Gasteiger charge is 2.42. The molecule has 7 heteroatoms. The van der Waals surface area contributed by atoms with E-state index in [1.807, 2.05) is 0 Å². The molecule has 0 aromatic heterocycles. The molecule has 0 unspecified atom stereocenters. The van der Waals surface area contributed by atoms with Gasteiger partial charge in [-0.1, -0.05) is 22.0 Å². The van der Waals surface area contributed by atoms with E-state index in [4.69, 9.17) is 0 Å². The summed E-state index contributed by atoms with van der Waals surface area (Å²) in [5.41, 5.74) is -3.18. The second kappa shape index (κ2) is 4.27. The Hall–Kier alpha value is -0.720. The van der Waals surface area contributed by atoms with Crippen molar-refractivity contribution in [1.82, 2.24) is 0 Å². The zero-order valence-electron chi connectivity index (χ0n) is 7.58. The van der Waals surface area contributed by atoms with Crippen LogP contribution in [-0.4, -0.2) is 0 Å². The van der Waals surface area contributed by atoms with Gasteiger partial charge in [0.05, 0.1) is 11.1 Å². The molecule has 0 aliphatic rings. The van der Waals surface area contributed by atoms with Gasteiger partial charge in [0.15, 0.2) is 0 Å². The van der Waals surface area contributed by atoms with E-state index in [0.29, 0.717) is 12.1 Å². The third-order valence-electron chi connectivity index (χ3n) is 1.85. The van der Waals surface area contributed by atoms with Crippen LogP contribution in [0.2, 0.25) is 0 Å². The molecule has 0 bridgehead atoms. The largest absolute Gasteiger partial charge is 0.417 e. The lowest BCUT2D eigenvalue weighted by atomic mass is 10.0. The molecule has 0 N–H and O–H groups in total. The van der Waals surface area contributed by atoms with Crippen molar-refractivity contribution in [3.05, 3.63) is 34.9 Å². The minimum atomic E-state index is -5.01. The summed E-state index contributed by atoms with van der Waals surface area (Å²) in [5, 5.41) is 0.0637. The Labute approximate surface area is 95.4 Å². The van der Waals surface area contributed by atoms with Crippen molar-refractivity contribution < 1.29 is 26.3 Å². The smallest absolute Gasteiger partial charge is 0.166 e. The Morgan fingerprint density at radius 3 is 1.75 bits per heavy atom. The predicted molar refractivity (Wildman–Crippen MR) is 49.1 cm³/mol. The van der Waals surface area contributed by atoms with Crippen LogP contribution in [0, 0.1) is 0 Å². The Morgan fingerprint density at radius 2 is 1.38 bits per heavy atom. The Morgan fingerprint density at radius 1 is 0.875 bits per heavy atom. The summed E-state index contributed by atoms with van der Waals surface area (Å²) in [6, 6.07) is 1.95. The fourth-order valence-electron chi connectivity index (χ4n) is 1.16. The van der Waals surface area contributed by atoms with E-state index in [1.54, 1.807) is 0 Å². The summed E-state index contributed by atoms with van der Waals surface area (Å²) < 4.78 is 74.0. The van der Waals surface area contributed by atoms with Crippen LogP contribution >= 0.6 is 15.9 Å². The molecule has 0 atom stereocenters. The molecule has 0 spiro atoms. The second-order valence-electron chi connectivity index (χ2n) is 3.01. The summed E-state index contributed by atoms with van der Waals surface area (Å²) in [6.07, 6.45) is -10.0. The van der Waals surface area contributed by atoms with E-state index in [0.717, 1.165) is 6.07 Å². The maximum absolute atomic E-state index is 12.4. The molecule has 0 aliphatic carbocycles. The molecule has 90 valence electrons. The third-order valence-corrected chi connectivity index (χ3v) is 2.50. The normalized spacial score (nSPS) is 12.9. The molecule has 16 heavy (non-hydrogen) atoms. The van der Waals surface area contributed by atoms with Gasteiger partial charge < -0.3 is 0 Å². The number of hydrogen-bond acceptors (Lipinski definition) is 0.